The summed E-state index contributed by atoms with van der Waals surface area (Å²) in [6, 6.07) is 5.75. The summed E-state index contributed by atoms with van der Waals surface area (Å²) in [5, 5.41) is 27.0. The number of amides is 1. The molecule has 6 atom stereocenters. The standard InChI is InChI=1S/C43H68N2O7S/c1-5-8-9-10-11-12-13-14-15-18-25-44-42(48)51-33-23-24-38-36(30-33)40-34(22-17-20-27-47)32(21-16-19-26-46)29-35-37(45-49-4)31-39(53-7-3)43(52-38,41(35)40)50-28-6-2/h6,23-24,29-30,32,34,39-41,46-47H,2,5,7-22,25-28,31H2,1,3-4H3,(H,44,48)/t32-,34+,39-,40+,41+,43+/m0/s1. The number of fused-ring (bicyclic) bond motifs is 2. The summed E-state index contributed by atoms with van der Waals surface area (Å²) in [4.78, 5) is 18.5. The molecule has 1 heterocycles. The molecule has 2 aliphatic carbocycles. The van der Waals surface area contributed by atoms with E-state index in [0.717, 1.165) is 79.7 Å². The van der Waals surface area contributed by atoms with Crippen LogP contribution in [0.5, 0.6) is 11.5 Å². The van der Waals surface area contributed by atoms with E-state index < -0.39 is 11.9 Å². The summed E-state index contributed by atoms with van der Waals surface area (Å²) < 4.78 is 19.9. The van der Waals surface area contributed by atoms with Crippen LogP contribution in [0, 0.1) is 17.8 Å². The first-order valence-corrected chi connectivity index (χ1v) is 21.7. The Labute approximate surface area is 323 Å². The molecule has 1 amide bonds. The van der Waals surface area contributed by atoms with Crippen LogP contribution in [0.2, 0.25) is 0 Å². The van der Waals surface area contributed by atoms with Gasteiger partial charge in [0.05, 0.1) is 23.5 Å². The first-order chi connectivity index (χ1) is 26.0. The van der Waals surface area contributed by atoms with Crippen molar-refractivity contribution in [3.05, 3.63) is 48.1 Å². The largest absolute Gasteiger partial charge is 0.460 e. The number of nitrogens with zero attached hydrogens (tertiary/aromatic N) is 1. The molecule has 298 valence electrons. The zero-order valence-electron chi connectivity index (χ0n) is 32.8. The Morgan fingerprint density at radius 3 is 2.36 bits per heavy atom. The van der Waals surface area contributed by atoms with Gasteiger partial charge >= 0.3 is 6.09 Å². The topological polar surface area (TPSA) is 119 Å². The minimum Gasteiger partial charge on any atom is -0.460 e. The van der Waals surface area contributed by atoms with Crippen LogP contribution in [0.1, 0.15) is 134 Å². The second-order valence-electron chi connectivity index (χ2n) is 14.9. The van der Waals surface area contributed by atoms with Gasteiger partial charge in [0, 0.05) is 37.7 Å². The third kappa shape index (κ3) is 11.7. The number of rotatable bonds is 26. The SMILES string of the molecule is C=CCO[C@@]12Oc3ccc(OC(=O)NCCCCCCCCCCCC)cc3[C@H]3[C@H](CCCCO)[C@@H](CCCCO)C=C(C(=NOC)C[C@@H]1SCC)[C@H]32. The highest BCUT2D eigenvalue weighted by atomic mass is 32.2. The molecule has 1 saturated carbocycles. The van der Waals surface area contributed by atoms with Crippen molar-refractivity contribution in [2.75, 3.05) is 39.2 Å². The van der Waals surface area contributed by atoms with Gasteiger partial charge in [-0.1, -0.05) is 102 Å². The number of hydrogen-bond acceptors (Lipinski definition) is 9. The minimum atomic E-state index is -0.981. The van der Waals surface area contributed by atoms with E-state index in [0.29, 0.717) is 25.3 Å². The van der Waals surface area contributed by atoms with E-state index in [2.05, 4.69) is 37.0 Å². The number of allylic oxidation sites excluding steroid dienone is 1. The van der Waals surface area contributed by atoms with Gasteiger partial charge < -0.3 is 34.6 Å². The van der Waals surface area contributed by atoms with Gasteiger partial charge in [-0.15, -0.1) is 6.58 Å². The molecule has 1 aliphatic heterocycles. The Bertz CT molecular complexity index is 1320. The molecule has 1 aromatic rings. The predicted octanol–water partition coefficient (Wildman–Crippen LogP) is 9.71. The van der Waals surface area contributed by atoms with Gasteiger partial charge in [0.15, 0.2) is 0 Å². The second-order valence-corrected chi connectivity index (χ2v) is 16.4. The number of carbonyl (C=O) groups excluding carboxylic acids is 1. The highest BCUT2D eigenvalue weighted by Crippen LogP contribution is 2.62. The smallest absolute Gasteiger partial charge is 0.412 e. The Hall–Kier alpha value is -2.53. The Morgan fingerprint density at radius 2 is 1.70 bits per heavy atom. The van der Waals surface area contributed by atoms with Gasteiger partial charge in [-0.3, -0.25) is 0 Å². The number of benzene rings is 1. The van der Waals surface area contributed by atoms with Crippen LogP contribution in [0.4, 0.5) is 4.79 Å². The number of thioether (sulfide) groups is 1. The van der Waals surface area contributed by atoms with E-state index in [1.54, 1.807) is 13.2 Å². The van der Waals surface area contributed by atoms with Crippen molar-refractivity contribution < 1.29 is 34.1 Å². The Kier molecular flexibility index (Phi) is 19.1. The second kappa shape index (κ2) is 23.4. The average molecular weight is 757 g/mol. The fourth-order valence-corrected chi connectivity index (χ4v) is 9.97. The van der Waals surface area contributed by atoms with Gasteiger partial charge in [-0.05, 0) is 73.5 Å². The molecule has 3 N–H and O–H groups in total. The van der Waals surface area contributed by atoms with Crippen molar-refractivity contribution in [1.82, 2.24) is 5.32 Å². The number of aliphatic hydroxyl groups is 2. The summed E-state index contributed by atoms with van der Waals surface area (Å²) in [6.07, 6.45) is 21.8. The molecule has 9 nitrogen and oxygen atoms in total. The number of oxime groups is 1. The van der Waals surface area contributed by atoms with Gasteiger partial charge in [0.1, 0.15) is 18.6 Å². The molecule has 0 unspecified atom stereocenters. The van der Waals surface area contributed by atoms with E-state index >= 15 is 0 Å². The summed E-state index contributed by atoms with van der Waals surface area (Å²) in [5.41, 5.74) is 3.00. The Balaban J connectivity index is 1.61. The van der Waals surface area contributed by atoms with Crippen LogP contribution >= 0.6 is 11.8 Å². The molecule has 1 aromatic carbocycles. The molecule has 1 fully saturated rings. The van der Waals surface area contributed by atoms with Crippen LogP contribution in [-0.4, -0.2) is 72.3 Å². The summed E-state index contributed by atoms with van der Waals surface area (Å²) in [5.74, 6) is 1.27. The highest BCUT2D eigenvalue weighted by Gasteiger charge is 2.63. The molecule has 10 heteroatoms. The first-order valence-electron chi connectivity index (χ1n) is 20.7. The monoisotopic (exact) mass is 756 g/mol. The van der Waals surface area contributed by atoms with Crippen molar-refractivity contribution in [1.29, 1.82) is 0 Å². The molecule has 4 rings (SSSR count). The van der Waals surface area contributed by atoms with Crippen LogP contribution in [0.15, 0.2) is 47.7 Å². The van der Waals surface area contributed by atoms with Gasteiger partial charge in [-0.25, -0.2) is 4.79 Å². The average Bonchev–Trinajstić information content (AvgIpc) is 3.15. The maximum atomic E-state index is 13.0. The third-order valence-electron chi connectivity index (χ3n) is 11.2. The molecule has 0 aromatic heterocycles. The van der Waals surface area contributed by atoms with Crippen LogP contribution in [0.25, 0.3) is 0 Å². The molecular formula is C43H68N2O7S. The quantitative estimate of drug-likeness (QED) is 0.0486. The Morgan fingerprint density at radius 1 is 1.00 bits per heavy atom. The van der Waals surface area contributed by atoms with E-state index in [1.807, 2.05) is 30.0 Å². The number of nitrogens with one attached hydrogen (secondary N) is 1. The number of unbranched alkanes of at least 4 members (excludes halogenated alkanes) is 11. The lowest BCUT2D eigenvalue weighted by atomic mass is 9.56. The van der Waals surface area contributed by atoms with E-state index in [4.69, 9.17) is 19.0 Å². The van der Waals surface area contributed by atoms with Gasteiger partial charge in [0.2, 0.25) is 5.79 Å². The van der Waals surface area contributed by atoms with Gasteiger partial charge in [-0.2, -0.15) is 11.8 Å². The van der Waals surface area contributed by atoms with Crippen molar-refractivity contribution in [3.8, 4) is 11.5 Å². The summed E-state index contributed by atoms with van der Waals surface area (Å²) in [6.45, 7) is 9.61. The lowest BCUT2D eigenvalue weighted by molar-refractivity contribution is -0.223. The highest BCUT2D eigenvalue weighted by molar-refractivity contribution is 8.00. The molecule has 3 aliphatic rings. The number of hydrogen-bond donors (Lipinski definition) is 3. The predicted molar refractivity (Wildman–Crippen MR) is 216 cm³/mol. The molecule has 53 heavy (non-hydrogen) atoms. The normalized spacial score (nSPS) is 25.2. The number of aliphatic hydroxyl groups excluding tert-OH is 2. The number of carbonyl (C=O) groups is 1. The van der Waals surface area contributed by atoms with Crippen LogP contribution < -0.4 is 14.8 Å². The lowest BCUT2D eigenvalue weighted by Gasteiger charge is -2.58. The minimum absolute atomic E-state index is 0.0399. The van der Waals surface area contributed by atoms with Crippen molar-refractivity contribution >= 4 is 23.6 Å². The zero-order chi connectivity index (χ0) is 37.9. The van der Waals surface area contributed by atoms with Crippen molar-refractivity contribution in [2.24, 2.45) is 22.9 Å². The maximum absolute atomic E-state index is 13.0. The number of ether oxygens (including phenoxy) is 3. The van der Waals surface area contributed by atoms with Crippen molar-refractivity contribution in [3.63, 3.8) is 0 Å². The fourth-order valence-electron chi connectivity index (χ4n) is 8.80. The summed E-state index contributed by atoms with van der Waals surface area (Å²) in [7, 11) is 1.60. The van der Waals surface area contributed by atoms with E-state index in [1.165, 1.54) is 51.4 Å². The zero-order valence-corrected chi connectivity index (χ0v) is 33.6. The molecular weight excluding hydrogens is 689 g/mol. The third-order valence-corrected chi connectivity index (χ3v) is 12.4. The molecule has 0 bridgehead atoms. The van der Waals surface area contributed by atoms with E-state index in [9.17, 15) is 15.0 Å². The fraction of sp³-hybridized carbons (Fsp3) is 0.721. The summed E-state index contributed by atoms with van der Waals surface area (Å²) >= 11 is 1.81. The molecule has 0 radical (unpaired) electrons. The van der Waals surface area contributed by atoms with E-state index in [-0.39, 0.29) is 42.1 Å². The van der Waals surface area contributed by atoms with Crippen molar-refractivity contribution in [2.45, 2.75) is 140 Å². The maximum Gasteiger partial charge on any atom is 0.412 e. The first kappa shape index (κ1) is 43.2. The lowest BCUT2D eigenvalue weighted by Crippen LogP contribution is -2.64. The van der Waals surface area contributed by atoms with Crippen LogP contribution in [0.3, 0.4) is 0 Å². The molecule has 0 saturated heterocycles. The van der Waals surface area contributed by atoms with Crippen LogP contribution in [-0.2, 0) is 9.57 Å². The van der Waals surface area contributed by atoms with Gasteiger partial charge in [0.25, 0.3) is 0 Å². The molecule has 0 spiro atoms.